The quantitative estimate of drug-likeness (QED) is 0.839. The maximum Gasteiger partial charge on any atom is 0.0499 e. The van der Waals surface area contributed by atoms with Gasteiger partial charge in [-0.05, 0) is 47.5 Å². The third kappa shape index (κ3) is 2.63. The molecule has 0 heterocycles. The summed E-state index contributed by atoms with van der Waals surface area (Å²) < 4.78 is 0. The molecular weight excluding hydrogens is 196 g/mol. The van der Waals surface area contributed by atoms with Gasteiger partial charge in [0.25, 0.3) is 0 Å². The van der Waals surface area contributed by atoms with Gasteiger partial charge in [0.1, 0.15) is 0 Å². The molecular formula is C14H24N2. The van der Waals surface area contributed by atoms with Crippen molar-refractivity contribution in [2.75, 3.05) is 21.1 Å². The molecule has 0 aliphatic rings. The van der Waals surface area contributed by atoms with Crippen LogP contribution in [0.2, 0.25) is 0 Å². The summed E-state index contributed by atoms with van der Waals surface area (Å²) in [5.74, 6) is 0. The van der Waals surface area contributed by atoms with Crippen LogP contribution in [-0.2, 0) is 0 Å². The number of nitrogens with zero attached hydrogens (tertiary/aromatic N) is 1. The summed E-state index contributed by atoms with van der Waals surface area (Å²) in [5.41, 5.74) is 2.73. The molecule has 0 saturated carbocycles. The molecule has 0 amide bonds. The first-order chi connectivity index (χ1) is 7.39. The Morgan fingerprint density at radius 2 is 1.62 bits per heavy atom. The highest BCUT2D eigenvalue weighted by molar-refractivity contribution is 5.26. The van der Waals surface area contributed by atoms with E-state index in [2.05, 4.69) is 69.3 Å². The molecule has 1 aromatic rings. The molecule has 2 nitrogen and oxygen atoms in total. The Balaban J connectivity index is 3.03. The van der Waals surface area contributed by atoms with E-state index in [4.69, 9.17) is 0 Å². The predicted molar refractivity (Wildman–Crippen MR) is 70.7 cm³/mol. The lowest BCUT2D eigenvalue weighted by Gasteiger charge is -2.40. The van der Waals surface area contributed by atoms with Gasteiger partial charge in [-0.25, -0.2) is 0 Å². The summed E-state index contributed by atoms with van der Waals surface area (Å²) in [4.78, 5) is 2.26. The van der Waals surface area contributed by atoms with Crippen molar-refractivity contribution < 1.29 is 0 Å². The number of hydrogen-bond donors (Lipinski definition) is 1. The molecule has 0 aromatic heterocycles. The fourth-order valence-corrected chi connectivity index (χ4v) is 1.94. The molecule has 0 bridgehead atoms. The molecule has 0 radical (unpaired) electrons. The largest absolute Gasteiger partial charge is 0.311 e. The Labute approximate surface area is 99.7 Å². The summed E-state index contributed by atoms with van der Waals surface area (Å²) >= 11 is 0. The zero-order valence-corrected chi connectivity index (χ0v) is 11.3. The summed E-state index contributed by atoms with van der Waals surface area (Å²) in [5, 5.41) is 3.42. The van der Waals surface area contributed by atoms with Crippen molar-refractivity contribution in [3.8, 4) is 0 Å². The van der Waals surface area contributed by atoms with Crippen molar-refractivity contribution in [2.45, 2.75) is 32.4 Å². The van der Waals surface area contributed by atoms with E-state index in [1.165, 1.54) is 11.1 Å². The first-order valence-electron chi connectivity index (χ1n) is 5.81. The molecule has 0 saturated heterocycles. The van der Waals surface area contributed by atoms with E-state index in [1.807, 2.05) is 7.05 Å². The second-order valence-corrected chi connectivity index (χ2v) is 5.18. The highest BCUT2D eigenvalue weighted by Gasteiger charge is 2.31. The maximum absolute atomic E-state index is 3.42. The van der Waals surface area contributed by atoms with Crippen LogP contribution in [0, 0.1) is 6.92 Å². The third-order valence-corrected chi connectivity index (χ3v) is 3.56. The smallest absolute Gasteiger partial charge is 0.0499 e. The van der Waals surface area contributed by atoms with Gasteiger partial charge in [0, 0.05) is 11.6 Å². The molecule has 16 heavy (non-hydrogen) atoms. The lowest BCUT2D eigenvalue weighted by Crippen LogP contribution is -2.48. The average Bonchev–Trinajstić information content (AvgIpc) is 2.21. The summed E-state index contributed by atoms with van der Waals surface area (Å²) in [7, 11) is 6.27. The van der Waals surface area contributed by atoms with Gasteiger partial charge >= 0.3 is 0 Å². The van der Waals surface area contributed by atoms with E-state index in [9.17, 15) is 0 Å². The van der Waals surface area contributed by atoms with Gasteiger partial charge < -0.3 is 10.2 Å². The van der Waals surface area contributed by atoms with Gasteiger partial charge in [0.2, 0.25) is 0 Å². The summed E-state index contributed by atoms with van der Waals surface area (Å²) in [6.45, 7) is 6.64. The first kappa shape index (κ1) is 13.2. The molecule has 90 valence electrons. The lowest BCUT2D eigenvalue weighted by atomic mass is 9.87. The molecule has 1 rings (SSSR count). The minimum atomic E-state index is 0.0873. The van der Waals surface area contributed by atoms with E-state index in [-0.39, 0.29) is 5.54 Å². The van der Waals surface area contributed by atoms with Crippen molar-refractivity contribution in [3.63, 3.8) is 0 Å². The van der Waals surface area contributed by atoms with Crippen LogP contribution in [0.5, 0.6) is 0 Å². The molecule has 0 aliphatic heterocycles. The molecule has 0 fully saturated rings. The van der Waals surface area contributed by atoms with E-state index >= 15 is 0 Å². The Hall–Kier alpha value is -0.860. The highest BCUT2D eigenvalue weighted by atomic mass is 15.2. The Morgan fingerprint density at radius 3 is 2.00 bits per heavy atom. The molecule has 0 aliphatic carbocycles. The van der Waals surface area contributed by atoms with Crippen molar-refractivity contribution in [3.05, 3.63) is 35.4 Å². The van der Waals surface area contributed by atoms with Crippen LogP contribution in [0.3, 0.4) is 0 Å². The standard InChI is InChI=1S/C14H24N2/c1-11-7-9-12(10-8-11)13(15-4)14(2,3)16(5)6/h7-10,13,15H,1-6H3. The van der Waals surface area contributed by atoms with Gasteiger partial charge in [-0.15, -0.1) is 0 Å². The number of benzene rings is 1. The number of rotatable bonds is 4. The topological polar surface area (TPSA) is 15.3 Å². The summed E-state index contributed by atoms with van der Waals surface area (Å²) in [6.07, 6.45) is 0. The van der Waals surface area contributed by atoms with Crippen LogP contribution in [0.15, 0.2) is 24.3 Å². The zero-order valence-electron chi connectivity index (χ0n) is 11.3. The molecule has 1 atom stereocenters. The number of hydrogen-bond acceptors (Lipinski definition) is 2. The fourth-order valence-electron chi connectivity index (χ4n) is 1.94. The maximum atomic E-state index is 3.42. The fraction of sp³-hybridized carbons (Fsp3) is 0.571. The Kier molecular flexibility index (Phi) is 4.11. The van der Waals surface area contributed by atoms with Crippen molar-refractivity contribution in [1.29, 1.82) is 0 Å². The molecule has 2 heteroatoms. The predicted octanol–water partition coefficient (Wildman–Crippen LogP) is 2.60. The molecule has 1 N–H and O–H groups in total. The molecule has 1 unspecified atom stereocenters. The SMILES string of the molecule is CNC(c1ccc(C)cc1)C(C)(C)N(C)C. The van der Waals surface area contributed by atoms with Crippen molar-refractivity contribution >= 4 is 0 Å². The van der Waals surface area contributed by atoms with Crippen LogP contribution in [-0.4, -0.2) is 31.6 Å². The van der Waals surface area contributed by atoms with Crippen LogP contribution in [0.4, 0.5) is 0 Å². The van der Waals surface area contributed by atoms with E-state index < -0.39 is 0 Å². The lowest BCUT2D eigenvalue weighted by molar-refractivity contribution is 0.142. The monoisotopic (exact) mass is 220 g/mol. The van der Waals surface area contributed by atoms with Crippen molar-refractivity contribution in [2.24, 2.45) is 0 Å². The van der Waals surface area contributed by atoms with E-state index in [1.54, 1.807) is 0 Å². The second kappa shape index (κ2) is 4.98. The average molecular weight is 220 g/mol. The Morgan fingerprint density at radius 1 is 1.12 bits per heavy atom. The van der Waals surface area contributed by atoms with Gasteiger partial charge in [-0.1, -0.05) is 29.8 Å². The minimum absolute atomic E-state index is 0.0873. The van der Waals surface area contributed by atoms with Gasteiger partial charge in [0.15, 0.2) is 0 Å². The molecule has 0 spiro atoms. The number of nitrogens with one attached hydrogen (secondary N) is 1. The first-order valence-corrected chi connectivity index (χ1v) is 5.81. The normalized spacial score (nSPS) is 14.2. The number of likely N-dealkylation sites (N-methyl/N-ethyl adjacent to an activating group) is 2. The second-order valence-electron chi connectivity index (χ2n) is 5.18. The minimum Gasteiger partial charge on any atom is -0.311 e. The third-order valence-electron chi connectivity index (χ3n) is 3.56. The highest BCUT2D eigenvalue weighted by Crippen LogP contribution is 2.29. The number of aryl methyl sites for hydroxylation is 1. The van der Waals surface area contributed by atoms with Gasteiger partial charge in [0.05, 0.1) is 0 Å². The van der Waals surface area contributed by atoms with Crippen molar-refractivity contribution in [1.82, 2.24) is 10.2 Å². The van der Waals surface area contributed by atoms with E-state index in [0.29, 0.717) is 6.04 Å². The molecule has 1 aromatic carbocycles. The Bertz CT molecular complexity index is 325. The van der Waals surface area contributed by atoms with Crippen LogP contribution in [0.1, 0.15) is 31.0 Å². The van der Waals surface area contributed by atoms with E-state index in [0.717, 1.165) is 0 Å². The van der Waals surface area contributed by atoms with Gasteiger partial charge in [-0.3, -0.25) is 0 Å². The van der Waals surface area contributed by atoms with Gasteiger partial charge in [-0.2, -0.15) is 0 Å². The summed E-state index contributed by atoms with van der Waals surface area (Å²) in [6, 6.07) is 9.10. The zero-order chi connectivity index (χ0) is 12.3. The van der Waals surface area contributed by atoms with Crippen LogP contribution in [0.25, 0.3) is 0 Å². The van der Waals surface area contributed by atoms with Crippen LogP contribution < -0.4 is 5.32 Å². The van der Waals surface area contributed by atoms with Crippen LogP contribution >= 0.6 is 0 Å².